The molecular formula is C17H30O9. The SMILES string of the molecule is COCCCOC(=O)C(C)(C)OCC1(COC(C)=O)OC(O)[C@H](O)C1C. The predicted octanol–water partition coefficient (Wildman–Crippen LogP) is 0.00880. The van der Waals surface area contributed by atoms with E-state index in [2.05, 4.69) is 0 Å². The molecule has 0 aromatic heterocycles. The van der Waals surface area contributed by atoms with Gasteiger partial charge in [0, 0.05) is 33.0 Å². The summed E-state index contributed by atoms with van der Waals surface area (Å²) < 4.78 is 26.2. The van der Waals surface area contributed by atoms with Crippen molar-refractivity contribution in [3.05, 3.63) is 0 Å². The van der Waals surface area contributed by atoms with Gasteiger partial charge in [0.2, 0.25) is 0 Å². The Labute approximate surface area is 153 Å². The van der Waals surface area contributed by atoms with E-state index in [4.69, 9.17) is 23.7 Å². The fourth-order valence-corrected chi connectivity index (χ4v) is 2.48. The molecule has 0 radical (unpaired) electrons. The van der Waals surface area contributed by atoms with E-state index < -0.39 is 41.5 Å². The maximum Gasteiger partial charge on any atom is 0.337 e. The van der Waals surface area contributed by atoms with Crippen LogP contribution >= 0.6 is 0 Å². The Morgan fingerprint density at radius 1 is 1.15 bits per heavy atom. The number of methoxy groups -OCH3 is 1. The molecule has 1 aliphatic heterocycles. The van der Waals surface area contributed by atoms with Gasteiger partial charge in [0.1, 0.15) is 18.3 Å². The van der Waals surface area contributed by atoms with Crippen LogP contribution < -0.4 is 0 Å². The molecule has 0 aliphatic carbocycles. The number of hydrogen-bond donors (Lipinski definition) is 2. The normalized spacial score (nSPS) is 28.8. The summed E-state index contributed by atoms with van der Waals surface area (Å²) in [4.78, 5) is 23.4. The lowest BCUT2D eigenvalue weighted by atomic mass is 9.88. The van der Waals surface area contributed by atoms with Crippen LogP contribution in [0.5, 0.6) is 0 Å². The van der Waals surface area contributed by atoms with Gasteiger partial charge in [-0.25, -0.2) is 4.79 Å². The van der Waals surface area contributed by atoms with Gasteiger partial charge in [0.25, 0.3) is 0 Å². The van der Waals surface area contributed by atoms with E-state index in [1.807, 2.05) is 0 Å². The van der Waals surface area contributed by atoms with E-state index in [9.17, 15) is 19.8 Å². The number of hydrogen-bond acceptors (Lipinski definition) is 9. The summed E-state index contributed by atoms with van der Waals surface area (Å²) in [6.45, 7) is 6.22. The van der Waals surface area contributed by atoms with Gasteiger partial charge in [0.15, 0.2) is 11.9 Å². The third-order valence-corrected chi connectivity index (χ3v) is 4.40. The predicted molar refractivity (Wildman–Crippen MR) is 89.1 cm³/mol. The molecule has 1 heterocycles. The maximum absolute atomic E-state index is 12.2. The van der Waals surface area contributed by atoms with E-state index in [0.29, 0.717) is 13.0 Å². The molecule has 9 nitrogen and oxygen atoms in total. The minimum absolute atomic E-state index is 0.185. The molecule has 152 valence electrons. The summed E-state index contributed by atoms with van der Waals surface area (Å²) in [5.74, 6) is -1.69. The van der Waals surface area contributed by atoms with Crippen molar-refractivity contribution in [2.75, 3.05) is 33.5 Å². The molecule has 9 heteroatoms. The van der Waals surface area contributed by atoms with E-state index in [1.54, 1.807) is 14.0 Å². The first-order valence-corrected chi connectivity index (χ1v) is 8.53. The number of aliphatic hydroxyl groups is 2. The summed E-state index contributed by atoms with van der Waals surface area (Å²) in [5, 5.41) is 19.8. The molecule has 1 rings (SSSR count). The van der Waals surface area contributed by atoms with Gasteiger partial charge in [-0.3, -0.25) is 4.79 Å². The molecule has 26 heavy (non-hydrogen) atoms. The van der Waals surface area contributed by atoms with Crippen molar-refractivity contribution in [2.45, 2.75) is 57.7 Å². The lowest BCUT2D eigenvalue weighted by molar-refractivity contribution is -0.213. The molecule has 0 aromatic carbocycles. The van der Waals surface area contributed by atoms with Crippen LogP contribution in [0.25, 0.3) is 0 Å². The number of ether oxygens (including phenoxy) is 5. The monoisotopic (exact) mass is 378 g/mol. The Bertz CT molecular complexity index is 479. The number of aliphatic hydroxyl groups excluding tert-OH is 2. The molecule has 1 fully saturated rings. The van der Waals surface area contributed by atoms with Gasteiger partial charge in [0.05, 0.1) is 13.2 Å². The summed E-state index contributed by atoms with van der Waals surface area (Å²) in [5.41, 5.74) is -2.57. The van der Waals surface area contributed by atoms with Crippen molar-refractivity contribution in [1.82, 2.24) is 0 Å². The fourth-order valence-electron chi connectivity index (χ4n) is 2.48. The molecule has 1 aliphatic rings. The quantitative estimate of drug-likeness (QED) is 0.400. The topological polar surface area (TPSA) is 121 Å². The van der Waals surface area contributed by atoms with Crippen LogP contribution in [0.4, 0.5) is 0 Å². The summed E-state index contributed by atoms with van der Waals surface area (Å²) >= 11 is 0. The lowest BCUT2D eigenvalue weighted by Gasteiger charge is -2.35. The third-order valence-electron chi connectivity index (χ3n) is 4.40. The molecule has 0 saturated carbocycles. The highest BCUT2D eigenvalue weighted by Crippen LogP contribution is 2.37. The molecule has 0 aromatic rings. The van der Waals surface area contributed by atoms with Gasteiger partial charge in [-0.1, -0.05) is 6.92 Å². The Kier molecular flexibility index (Phi) is 8.42. The van der Waals surface area contributed by atoms with E-state index in [0.717, 1.165) is 0 Å². The highest BCUT2D eigenvalue weighted by Gasteiger charge is 2.54. The highest BCUT2D eigenvalue weighted by atomic mass is 16.7. The average molecular weight is 378 g/mol. The zero-order valence-corrected chi connectivity index (χ0v) is 16.0. The van der Waals surface area contributed by atoms with Crippen molar-refractivity contribution in [2.24, 2.45) is 5.92 Å². The summed E-state index contributed by atoms with van der Waals surface area (Å²) in [7, 11) is 1.56. The van der Waals surface area contributed by atoms with E-state index in [-0.39, 0.29) is 19.8 Å². The average Bonchev–Trinajstić information content (AvgIpc) is 2.79. The van der Waals surface area contributed by atoms with Gasteiger partial charge in [-0.2, -0.15) is 0 Å². The van der Waals surface area contributed by atoms with Crippen molar-refractivity contribution >= 4 is 11.9 Å². The van der Waals surface area contributed by atoms with Crippen LogP contribution in [0.1, 0.15) is 34.1 Å². The number of rotatable bonds is 10. The summed E-state index contributed by atoms with van der Waals surface area (Å²) in [6.07, 6.45) is -2.04. The van der Waals surface area contributed by atoms with E-state index in [1.165, 1.54) is 20.8 Å². The second-order valence-corrected chi connectivity index (χ2v) is 6.91. The van der Waals surface area contributed by atoms with Crippen LogP contribution in [0, 0.1) is 5.92 Å². The molecule has 2 N–H and O–H groups in total. The molecule has 4 atom stereocenters. The number of esters is 2. The molecule has 0 spiro atoms. The minimum Gasteiger partial charge on any atom is -0.463 e. The minimum atomic E-state index is -1.44. The van der Waals surface area contributed by atoms with Crippen LogP contribution in [0.15, 0.2) is 0 Å². The van der Waals surface area contributed by atoms with Gasteiger partial charge in [-0.05, 0) is 13.8 Å². The van der Waals surface area contributed by atoms with Crippen molar-refractivity contribution in [1.29, 1.82) is 0 Å². The zero-order valence-electron chi connectivity index (χ0n) is 16.0. The Morgan fingerprint density at radius 2 is 1.81 bits per heavy atom. The van der Waals surface area contributed by atoms with Crippen molar-refractivity contribution in [3.8, 4) is 0 Å². The smallest absolute Gasteiger partial charge is 0.337 e. The number of carbonyl (C=O) groups excluding carboxylic acids is 2. The highest BCUT2D eigenvalue weighted by molar-refractivity contribution is 5.78. The van der Waals surface area contributed by atoms with Crippen molar-refractivity contribution in [3.63, 3.8) is 0 Å². The maximum atomic E-state index is 12.2. The standard InChI is InChI=1S/C17H30O9/c1-11-13(19)14(20)26-17(11,9-24-12(2)18)10-25-16(3,4)15(21)23-8-6-7-22-5/h11,13-14,19-20H,6-10H2,1-5H3/t11?,13-,14?,17?/m1/s1. The van der Waals surface area contributed by atoms with E-state index >= 15 is 0 Å². The second kappa shape index (κ2) is 9.61. The molecule has 0 bridgehead atoms. The lowest BCUT2D eigenvalue weighted by Crippen LogP contribution is -2.50. The first kappa shape index (κ1) is 22.8. The van der Waals surface area contributed by atoms with Crippen LogP contribution in [-0.2, 0) is 33.3 Å². The Hall–Kier alpha value is -1.26. The third kappa shape index (κ3) is 5.88. The summed E-state index contributed by atoms with van der Waals surface area (Å²) in [6, 6.07) is 0. The zero-order chi connectivity index (χ0) is 20.0. The largest absolute Gasteiger partial charge is 0.463 e. The van der Waals surface area contributed by atoms with Crippen LogP contribution in [-0.4, -0.2) is 79.3 Å². The van der Waals surface area contributed by atoms with Gasteiger partial charge in [-0.15, -0.1) is 0 Å². The van der Waals surface area contributed by atoms with Crippen LogP contribution in [0.2, 0.25) is 0 Å². The molecule has 3 unspecified atom stereocenters. The van der Waals surface area contributed by atoms with Gasteiger partial charge < -0.3 is 33.9 Å². The first-order valence-electron chi connectivity index (χ1n) is 8.53. The molecule has 1 saturated heterocycles. The first-order chi connectivity index (χ1) is 12.1. The fraction of sp³-hybridized carbons (Fsp3) is 0.882. The molecule has 0 amide bonds. The van der Waals surface area contributed by atoms with Crippen molar-refractivity contribution < 1.29 is 43.5 Å². The second-order valence-electron chi connectivity index (χ2n) is 6.91. The number of carbonyl (C=O) groups is 2. The van der Waals surface area contributed by atoms with Crippen LogP contribution in [0.3, 0.4) is 0 Å². The Balaban J connectivity index is 2.73. The Morgan fingerprint density at radius 3 is 2.31 bits per heavy atom. The van der Waals surface area contributed by atoms with Gasteiger partial charge >= 0.3 is 11.9 Å². The molecular weight excluding hydrogens is 348 g/mol.